The number of aromatic nitrogens is 1. The maximum Gasteiger partial charge on any atom is 0.243 e. The van der Waals surface area contributed by atoms with E-state index in [9.17, 15) is 9.59 Å². The molecule has 0 bridgehead atoms. The summed E-state index contributed by atoms with van der Waals surface area (Å²) in [6.07, 6.45) is 3.37. The molecule has 28 heavy (non-hydrogen) atoms. The van der Waals surface area contributed by atoms with E-state index in [1.165, 1.54) is 0 Å². The molecule has 0 aliphatic heterocycles. The molecular weight excluding hydrogens is 360 g/mol. The summed E-state index contributed by atoms with van der Waals surface area (Å²) in [4.78, 5) is 27.9. The standard InChI is InChI=1S/C20H26N4O4/c1-13(2)19(21)20(26)23-11-18(25)24-15-4-5-16(27-3)17(10-15)28-12-14-6-8-22-9-7-14/h4-10,13,19H,11-12,21H2,1-3H3,(H,23,26)(H,24,25)/t19-/m0/s1. The Labute approximate surface area is 164 Å². The number of carbonyl (C=O) groups is 2. The summed E-state index contributed by atoms with van der Waals surface area (Å²) in [7, 11) is 1.54. The van der Waals surface area contributed by atoms with E-state index >= 15 is 0 Å². The first-order valence-corrected chi connectivity index (χ1v) is 8.93. The maximum absolute atomic E-state index is 12.1. The lowest BCUT2D eigenvalue weighted by molar-refractivity contribution is -0.125. The zero-order chi connectivity index (χ0) is 20.5. The number of anilines is 1. The Balaban J connectivity index is 1.96. The largest absolute Gasteiger partial charge is 0.493 e. The third-order valence-corrected chi connectivity index (χ3v) is 4.04. The molecule has 0 unspecified atom stereocenters. The van der Waals surface area contributed by atoms with Gasteiger partial charge in [-0.25, -0.2) is 0 Å². The number of nitrogens with one attached hydrogen (secondary N) is 2. The molecule has 0 aliphatic carbocycles. The minimum absolute atomic E-state index is 0.00949. The average Bonchev–Trinajstić information content (AvgIpc) is 2.70. The van der Waals surface area contributed by atoms with Crippen molar-refractivity contribution in [3.05, 3.63) is 48.3 Å². The maximum atomic E-state index is 12.1. The van der Waals surface area contributed by atoms with Crippen LogP contribution in [0.2, 0.25) is 0 Å². The van der Waals surface area contributed by atoms with E-state index in [0.717, 1.165) is 5.56 Å². The van der Waals surface area contributed by atoms with Gasteiger partial charge in [-0.3, -0.25) is 14.6 Å². The first kappa shape index (κ1) is 21.2. The normalized spacial score (nSPS) is 11.6. The summed E-state index contributed by atoms with van der Waals surface area (Å²) < 4.78 is 11.1. The topological polar surface area (TPSA) is 116 Å². The average molecular weight is 386 g/mol. The molecule has 0 saturated heterocycles. The second-order valence-corrected chi connectivity index (χ2v) is 6.55. The first-order chi connectivity index (χ1) is 13.4. The van der Waals surface area contributed by atoms with Crippen LogP contribution in [-0.2, 0) is 16.2 Å². The van der Waals surface area contributed by atoms with Crippen LogP contribution in [0.1, 0.15) is 19.4 Å². The number of benzene rings is 1. The molecule has 1 atom stereocenters. The van der Waals surface area contributed by atoms with Crippen molar-refractivity contribution in [2.45, 2.75) is 26.5 Å². The molecule has 1 heterocycles. The number of hydrogen-bond acceptors (Lipinski definition) is 6. The van der Waals surface area contributed by atoms with Crippen LogP contribution in [0.15, 0.2) is 42.7 Å². The number of amides is 2. The molecule has 2 amide bonds. The van der Waals surface area contributed by atoms with E-state index < -0.39 is 6.04 Å². The summed E-state index contributed by atoms with van der Waals surface area (Å²) in [5.41, 5.74) is 7.23. The first-order valence-electron chi connectivity index (χ1n) is 8.93. The van der Waals surface area contributed by atoms with Crippen LogP contribution >= 0.6 is 0 Å². The summed E-state index contributed by atoms with van der Waals surface area (Å²) >= 11 is 0. The molecule has 0 radical (unpaired) electrons. The summed E-state index contributed by atoms with van der Waals surface area (Å²) in [5, 5.41) is 5.25. The van der Waals surface area contributed by atoms with Crippen LogP contribution in [0.4, 0.5) is 5.69 Å². The Morgan fingerprint density at radius 2 is 1.86 bits per heavy atom. The van der Waals surface area contributed by atoms with Gasteiger partial charge in [0.15, 0.2) is 11.5 Å². The monoisotopic (exact) mass is 386 g/mol. The van der Waals surface area contributed by atoms with Crippen molar-refractivity contribution in [1.82, 2.24) is 10.3 Å². The van der Waals surface area contributed by atoms with E-state index in [1.54, 1.807) is 37.7 Å². The van der Waals surface area contributed by atoms with E-state index in [0.29, 0.717) is 23.8 Å². The Kier molecular flexibility index (Phi) is 7.76. The van der Waals surface area contributed by atoms with Gasteiger partial charge in [0.2, 0.25) is 11.8 Å². The van der Waals surface area contributed by atoms with Crippen LogP contribution in [0.3, 0.4) is 0 Å². The number of carbonyl (C=O) groups excluding carboxylic acids is 2. The molecule has 0 saturated carbocycles. The van der Waals surface area contributed by atoms with E-state index in [-0.39, 0.29) is 24.3 Å². The van der Waals surface area contributed by atoms with E-state index in [1.807, 2.05) is 26.0 Å². The van der Waals surface area contributed by atoms with E-state index in [2.05, 4.69) is 15.6 Å². The number of rotatable bonds is 9. The Bertz CT molecular complexity index is 796. The lowest BCUT2D eigenvalue weighted by Gasteiger charge is -2.15. The van der Waals surface area contributed by atoms with Crippen LogP contribution in [0, 0.1) is 5.92 Å². The second-order valence-electron chi connectivity index (χ2n) is 6.55. The molecule has 0 fully saturated rings. The lowest BCUT2D eigenvalue weighted by atomic mass is 10.1. The molecular formula is C20H26N4O4. The highest BCUT2D eigenvalue weighted by Gasteiger charge is 2.17. The Hall–Kier alpha value is -3.13. The summed E-state index contributed by atoms with van der Waals surface area (Å²) in [6, 6.07) is 8.11. The van der Waals surface area contributed by atoms with Crippen molar-refractivity contribution >= 4 is 17.5 Å². The zero-order valence-corrected chi connectivity index (χ0v) is 16.3. The molecule has 2 rings (SSSR count). The Morgan fingerprint density at radius 3 is 2.50 bits per heavy atom. The number of nitrogens with zero attached hydrogens (tertiary/aromatic N) is 1. The predicted molar refractivity (Wildman–Crippen MR) is 106 cm³/mol. The number of ether oxygens (including phenoxy) is 2. The van der Waals surface area contributed by atoms with Crippen LogP contribution < -0.4 is 25.8 Å². The van der Waals surface area contributed by atoms with Crippen LogP contribution in [0.25, 0.3) is 0 Å². The highest BCUT2D eigenvalue weighted by molar-refractivity contribution is 5.95. The third kappa shape index (κ3) is 6.24. The number of pyridine rings is 1. The number of hydrogen-bond donors (Lipinski definition) is 3. The fraction of sp³-hybridized carbons (Fsp3) is 0.350. The molecule has 0 aliphatic rings. The van der Waals surface area contributed by atoms with Gasteiger partial charge in [-0.1, -0.05) is 13.8 Å². The molecule has 1 aromatic carbocycles. The minimum atomic E-state index is -0.651. The molecule has 4 N–H and O–H groups in total. The van der Waals surface area contributed by atoms with Crippen molar-refractivity contribution in [1.29, 1.82) is 0 Å². The van der Waals surface area contributed by atoms with Crippen molar-refractivity contribution in [3.8, 4) is 11.5 Å². The fourth-order valence-corrected chi connectivity index (χ4v) is 2.30. The van der Waals surface area contributed by atoms with Crippen molar-refractivity contribution in [3.63, 3.8) is 0 Å². The van der Waals surface area contributed by atoms with Crippen LogP contribution in [-0.4, -0.2) is 36.5 Å². The molecule has 1 aromatic heterocycles. The minimum Gasteiger partial charge on any atom is -0.493 e. The number of methoxy groups -OCH3 is 1. The van der Waals surface area contributed by atoms with Crippen molar-refractivity contribution < 1.29 is 19.1 Å². The summed E-state index contributed by atoms with van der Waals surface area (Å²) in [5.74, 6) is 0.298. The van der Waals surface area contributed by atoms with E-state index in [4.69, 9.17) is 15.2 Å². The highest BCUT2D eigenvalue weighted by atomic mass is 16.5. The van der Waals surface area contributed by atoms with Gasteiger partial charge in [0.05, 0.1) is 19.7 Å². The van der Waals surface area contributed by atoms with Gasteiger partial charge in [0, 0.05) is 24.1 Å². The lowest BCUT2D eigenvalue weighted by Crippen LogP contribution is -2.46. The smallest absolute Gasteiger partial charge is 0.243 e. The quantitative estimate of drug-likeness (QED) is 0.604. The van der Waals surface area contributed by atoms with Gasteiger partial charge in [0.25, 0.3) is 0 Å². The van der Waals surface area contributed by atoms with Gasteiger partial charge in [-0.15, -0.1) is 0 Å². The predicted octanol–water partition coefficient (Wildman–Crippen LogP) is 1.71. The van der Waals surface area contributed by atoms with Gasteiger partial charge in [-0.2, -0.15) is 0 Å². The molecule has 150 valence electrons. The second kappa shape index (κ2) is 10.3. The van der Waals surface area contributed by atoms with Gasteiger partial charge >= 0.3 is 0 Å². The third-order valence-electron chi connectivity index (χ3n) is 4.04. The highest BCUT2D eigenvalue weighted by Crippen LogP contribution is 2.30. The molecule has 0 spiro atoms. The van der Waals surface area contributed by atoms with Gasteiger partial charge < -0.3 is 25.8 Å². The Morgan fingerprint density at radius 1 is 1.14 bits per heavy atom. The van der Waals surface area contributed by atoms with Crippen LogP contribution in [0.5, 0.6) is 11.5 Å². The molecule has 8 heteroatoms. The zero-order valence-electron chi connectivity index (χ0n) is 16.3. The number of nitrogens with two attached hydrogens (primary N) is 1. The fourth-order valence-electron chi connectivity index (χ4n) is 2.30. The van der Waals surface area contributed by atoms with Gasteiger partial charge in [0.1, 0.15) is 6.61 Å². The van der Waals surface area contributed by atoms with Gasteiger partial charge in [-0.05, 0) is 35.7 Å². The summed E-state index contributed by atoms with van der Waals surface area (Å²) in [6.45, 7) is 3.85. The SMILES string of the molecule is COc1ccc(NC(=O)CNC(=O)[C@@H](N)C(C)C)cc1OCc1ccncc1. The van der Waals surface area contributed by atoms with Crippen molar-refractivity contribution in [2.24, 2.45) is 11.7 Å². The molecule has 2 aromatic rings. The molecule has 8 nitrogen and oxygen atoms in total. The van der Waals surface area contributed by atoms with Crippen molar-refractivity contribution in [2.75, 3.05) is 19.0 Å².